The molecule has 1 amide bonds. The van der Waals surface area contributed by atoms with Gasteiger partial charge in [0.05, 0.1) is 17.3 Å². The zero-order valence-corrected chi connectivity index (χ0v) is 32.4. The molecule has 54 heavy (non-hydrogen) atoms. The number of halogens is 3. The number of nitrogens with two attached hydrogens (primary N) is 1. The number of carbonyl (C=O) groups is 1. The van der Waals surface area contributed by atoms with Gasteiger partial charge in [0, 0.05) is 64.6 Å². The highest BCUT2D eigenvalue weighted by molar-refractivity contribution is 6.36. The number of hydrogen-bond acceptors (Lipinski definition) is 7. The Balaban J connectivity index is 1.03. The number of amides is 1. The first kappa shape index (κ1) is 37.8. The van der Waals surface area contributed by atoms with E-state index in [2.05, 4.69) is 42.7 Å². The lowest BCUT2D eigenvalue weighted by molar-refractivity contribution is 0.129. The summed E-state index contributed by atoms with van der Waals surface area (Å²) in [5, 5.41) is 4.85. The molecule has 1 saturated heterocycles. The molecule has 2 aromatic heterocycles. The number of benzene rings is 2. The van der Waals surface area contributed by atoms with Crippen molar-refractivity contribution in [2.45, 2.75) is 90.2 Å². The number of carbonyl (C=O) groups excluding carboxylic acids is 1. The number of pyridine rings is 1. The minimum absolute atomic E-state index is 0.0648. The number of nitrogen functional groups attached to an aromatic ring is 1. The van der Waals surface area contributed by atoms with Crippen molar-refractivity contribution in [2.75, 3.05) is 18.8 Å². The Morgan fingerprint density at radius 2 is 1.91 bits per heavy atom. The molecule has 4 aromatic rings. The Morgan fingerprint density at radius 1 is 1.11 bits per heavy atom. The van der Waals surface area contributed by atoms with E-state index in [1.807, 2.05) is 16.9 Å². The number of likely N-dealkylation sites (tertiary alicyclic amines) is 1. The van der Waals surface area contributed by atoms with Crippen molar-refractivity contribution in [3.8, 4) is 28.4 Å². The summed E-state index contributed by atoms with van der Waals surface area (Å²) >= 11 is 12.5. The lowest BCUT2D eigenvalue weighted by atomic mass is 9.74. The quantitative estimate of drug-likeness (QED) is 0.0971. The van der Waals surface area contributed by atoms with Crippen LogP contribution in [0.3, 0.4) is 0 Å². The molecule has 2 aromatic carbocycles. The number of piperidine rings is 1. The van der Waals surface area contributed by atoms with Crippen LogP contribution < -0.4 is 19.9 Å². The number of hydrogen-bond donors (Lipinski definition) is 1. The van der Waals surface area contributed by atoms with E-state index < -0.39 is 11.9 Å². The van der Waals surface area contributed by atoms with E-state index in [-0.39, 0.29) is 39.8 Å². The van der Waals surface area contributed by atoms with Gasteiger partial charge < -0.3 is 24.8 Å². The van der Waals surface area contributed by atoms with Gasteiger partial charge in [-0.15, -0.1) is 0 Å². The monoisotopic (exact) mass is 773 g/mol. The van der Waals surface area contributed by atoms with Crippen molar-refractivity contribution < 1.29 is 23.4 Å². The minimum Gasteiger partial charge on any atom is -0.482 e. The number of allylic oxidation sites excluding steroid dienone is 3. The number of aromatic nitrogens is 3. The molecule has 12 heteroatoms. The molecule has 0 bridgehead atoms. The second-order valence-corrected chi connectivity index (χ2v) is 15.4. The normalized spacial score (nSPS) is 19.0. The lowest BCUT2D eigenvalue weighted by Gasteiger charge is -2.38. The standard InChI is InChI=1S/C42H46Cl2FN5O4/c1-5-6-7-8-27-18-35-39(32-17-24(2)9-10-31(32)25(3)52-35)36(19-27)54-42(51)49-15-13-30(14-16-49)50-23-29(22-48-50)28-20-37(41(46)47-21-28)53-26(4)38-33(43)11-12-34(45)40(38)44/h11-12,17-23,26,30-32H,3,5-10,13-16H2,1-2,4H3,(H2,46,47)/t26-,31?,32?/m1/s1. The van der Waals surface area contributed by atoms with Gasteiger partial charge >= 0.3 is 6.09 Å². The average Bonchev–Trinajstić information content (AvgIpc) is 3.65. The average molecular weight is 775 g/mol. The Labute approximate surface area is 325 Å². The van der Waals surface area contributed by atoms with Gasteiger partial charge in [-0.25, -0.2) is 14.2 Å². The molecule has 2 aliphatic heterocycles. The van der Waals surface area contributed by atoms with Crippen LogP contribution in [0.2, 0.25) is 10.0 Å². The van der Waals surface area contributed by atoms with Gasteiger partial charge in [-0.1, -0.05) is 61.2 Å². The molecule has 2 N–H and O–H groups in total. The number of fused-ring (bicyclic) bond motifs is 3. The van der Waals surface area contributed by atoms with Crippen LogP contribution in [0.5, 0.6) is 17.2 Å². The molecule has 9 nitrogen and oxygen atoms in total. The third kappa shape index (κ3) is 7.82. The molecule has 3 atom stereocenters. The summed E-state index contributed by atoms with van der Waals surface area (Å²) < 4.78 is 34.8. The van der Waals surface area contributed by atoms with Crippen LogP contribution in [0.25, 0.3) is 11.1 Å². The minimum atomic E-state index is -0.696. The predicted molar refractivity (Wildman–Crippen MR) is 210 cm³/mol. The second-order valence-electron chi connectivity index (χ2n) is 14.6. The first-order chi connectivity index (χ1) is 26.0. The van der Waals surface area contributed by atoms with Gasteiger partial charge in [0.2, 0.25) is 0 Å². The second kappa shape index (κ2) is 16.1. The summed E-state index contributed by atoms with van der Waals surface area (Å²) in [6.07, 6.45) is 14.2. The molecule has 4 heterocycles. The molecule has 1 fully saturated rings. The molecule has 2 unspecified atom stereocenters. The van der Waals surface area contributed by atoms with Gasteiger partial charge in [-0.3, -0.25) is 4.68 Å². The highest BCUT2D eigenvalue weighted by Crippen LogP contribution is 2.51. The van der Waals surface area contributed by atoms with Gasteiger partial charge in [-0.05, 0) is 88.3 Å². The van der Waals surface area contributed by atoms with E-state index in [1.54, 1.807) is 30.3 Å². The molecular weight excluding hydrogens is 728 g/mol. The first-order valence-corrected chi connectivity index (χ1v) is 19.5. The van der Waals surface area contributed by atoms with Crippen LogP contribution in [0.4, 0.5) is 15.0 Å². The van der Waals surface area contributed by atoms with E-state index in [4.69, 9.17) is 43.1 Å². The van der Waals surface area contributed by atoms with Crippen molar-refractivity contribution in [3.05, 3.63) is 105 Å². The molecule has 284 valence electrons. The van der Waals surface area contributed by atoms with Gasteiger partial charge in [0.25, 0.3) is 0 Å². The summed E-state index contributed by atoms with van der Waals surface area (Å²) in [6, 6.07) is 8.66. The number of anilines is 1. The molecule has 1 aliphatic carbocycles. The van der Waals surface area contributed by atoms with Crippen molar-refractivity contribution >= 4 is 35.1 Å². The summed E-state index contributed by atoms with van der Waals surface area (Å²) in [5.74, 6) is 2.25. The number of aryl methyl sites for hydroxylation is 1. The van der Waals surface area contributed by atoms with Crippen LogP contribution in [-0.4, -0.2) is 38.8 Å². The summed E-state index contributed by atoms with van der Waals surface area (Å²) in [7, 11) is 0. The first-order valence-electron chi connectivity index (χ1n) is 18.8. The van der Waals surface area contributed by atoms with E-state index in [0.29, 0.717) is 43.0 Å². The summed E-state index contributed by atoms with van der Waals surface area (Å²) in [6.45, 7) is 11.4. The van der Waals surface area contributed by atoms with Crippen molar-refractivity contribution in [1.82, 2.24) is 19.7 Å². The zero-order chi connectivity index (χ0) is 38.1. The van der Waals surface area contributed by atoms with Gasteiger partial charge in [0.1, 0.15) is 29.2 Å². The summed E-state index contributed by atoms with van der Waals surface area (Å²) in [5.41, 5.74) is 11.4. The highest BCUT2D eigenvalue weighted by Gasteiger charge is 2.38. The fourth-order valence-corrected chi connectivity index (χ4v) is 8.52. The van der Waals surface area contributed by atoms with Crippen LogP contribution in [0, 0.1) is 11.7 Å². The van der Waals surface area contributed by atoms with Gasteiger partial charge in [-0.2, -0.15) is 5.10 Å². The Bertz CT molecular complexity index is 2090. The Hall–Kier alpha value is -4.54. The topological polar surface area (TPSA) is 105 Å². The molecular formula is C42H46Cl2FN5O4. The molecule has 0 saturated carbocycles. The van der Waals surface area contributed by atoms with E-state index in [9.17, 15) is 9.18 Å². The number of rotatable bonds is 10. The maximum Gasteiger partial charge on any atom is 0.415 e. The van der Waals surface area contributed by atoms with Crippen LogP contribution in [0.1, 0.15) is 100 Å². The van der Waals surface area contributed by atoms with Crippen molar-refractivity contribution in [3.63, 3.8) is 0 Å². The number of nitrogens with zero attached hydrogens (tertiary/aromatic N) is 4. The third-order valence-electron chi connectivity index (χ3n) is 10.9. The molecule has 0 spiro atoms. The number of ether oxygens (including phenoxy) is 3. The maximum absolute atomic E-state index is 14.2. The Morgan fingerprint density at radius 3 is 2.69 bits per heavy atom. The highest BCUT2D eigenvalue weighted by atomic mass is 35.5. The van der Waals surface area contributed by atoms with Crippen molar-refractivity contribution in [1.29, 1.82) is 0 Å². The maximum atomic E-state index is 14.2. The SMILES string of the molecule is C=C1Oc2cc(CCCCC)cc(OC(=O)N3CCC(n4cc(-c5cnc(N)c(O[C@H](C)c6c(Cl)ccc(F)c6Cl)c5)cn4)CC3)c2C2C=C(C)CCC12. The third-order valence-corrected chi connectivity index (χ3v) is 11.6. The van der Waals surface area contributed by atoms with E-state index in [1.165, 1.54) is 17.7 Å². The van der Waals surface area contributed by atoms with E-state index in [0.717, 1.165) is 72.3 Å². The predicted octanol–water partition coefficient (Wildman–Crippen LogP) is 11.0. The molecule has 7 rings (SSSR count). The largest absolute Gasteiger partial charge is 0.482 e. The zero-order valence-electron chi connectivity index (χ0n) is 30.9. The smallest absolute Gasteiger partial charge is 0.415 e. The lowest BCUT2D eigenvalue weighted by Crippen LogP contribution is -2.41. The van der Waals surface area contributed by atoms with E-state index >= 15 is 0 Å². The fraction of sp³-hybridized carbons (Fsp3) is 0.405. The molecule has 3 aliphatic rings. The van der Waals surface area contributed by atoms with Crippen LogP contribution >= 0.6 is 23.2 Å². The number of unbranched alkanes of at least 4 members (excludes halogenated alkanes) is 2. The molecule has 0 radical (unpaired) electrons. The summed E-state index contributed by atoms with van der Waals surface area (Å²) in [4.78, 5) is 19.9. The fourth-order valence-electron chi connectivity index (χ4n) is 7.84. The Kier molecular flexibility index (Phi) is 11.2. The van der Waals surface area contributed by atoms with Crippen LogP contribution in [-0.2, 0) is 6.42 Å². The van der Waals surface area contributed by atoms with Crippen LogP contribution in [0.15, 0.2) is 72.9 Å². The van der Waals surface area contributed by atoms with Crippen molar-refractivity contribution in [2.24, 2.45) is 5.92 Å². The van der Waals surface area contributed by atoms with Gasteiger partial charge in [0.15, 0.2) is 11.6 Å².